The maximum absolute atomic E-state index is 12.8. The first kappa shape index (κ1) is 15.5. The molecule has 1 aliphatic heterocycles. The molecule has 118 valence electrons. The van der Waals surface area contributed by atoms with E-state index in [1.54, 1.807) is 11.3 Å². The van der Waals surface area contributed by atoms with E-state index in [9.17, 15) is 9.90 Å². The van der Waals surface area contributed by atoms with Gasteiger partial charge in [0.2, 0.25) is 0 Å². The second-order valence-corrected chi connectivity index (χ2v) is 6.99. The van der Waals surface area contributed by atoms with Crippen molar-refractivity contribution in [1.82, 2.24) is 4.90 Å². The third-order valence-corrected chi connectivity index (χ3v) is 5.50. The van der Waals surface area contributed by atoms with Crippen LogP contribution in [0.1, 0.15) is 22.3 Å². The van der Waals surface area contributed by atoms with Gasteiger partial charge in [0, 0.05) is 47.7 Å². The van der Waals surface area contributed by atoms with E-state index in [-0.39, 0.29) is 31.0 Å². The summed E-state index contributed by atoms with van der Waals surface area (Å²) in [5, 5.41) is 21.5. The van der Waals surface area contributed by atoms with Gasteiger partial charge in [-0.1, -0.05) is 12.1 Å². The number of nitrogens with zero attached hydrogens (tertiary/aromatic N) is 1. The molecule has 2 unspecified atom stereocenters. The minimum absolute atomic E-state index is 0.0361. The van der Waals surface area contributed by atoms with Gasteiger partial charge in [-0.05, 0) is 30.9 Å². The van der Waals surface area contributed by atoms with Crippen LogP contribution in [-0.4, -0.2) is 47.3 Å². The van der Waals surface area contributed by atoms with Gasteiger partial charge in [0.05, 0.1) is 5.56 Å². The molecule has 3 rings (SSSR count). The smallest absolute Gasteiger partial charge is 0.255 e. The van der Waals surface area contributed by atoms with Crippen LogP contribution in [0.2, 0.25) is 0 Å². The molecule has 5 heteroatoms. The fourth-order valence-electron chi connectivity index (χ4n) is 3.28. The van der Waals surface area contributed by atoms with Crippen molar-refractivity contribution in [2.75, 3.05) is 26.3 Å². The van der Waals surface area contributed by atoms with Crippen LogP contribution in [0.5, 0.6) is 0 Å². The molecule has 0 spiro atoms. The fraction of sp³-hybridized carbons (Fsp3) is 0.471. The number of benzene rings is 1. The number of hydrogen-bond acceptors (Lipinski definition) is 4. The lowest BCUT2D eigenvalue weighted by atomic mass is 9.94. The van der Waals surface area contributed by atoms with Crippen LogP contribution in [-0.2, 0) is 0 Å². The van der Waals surface area contributed by atoms with Crippen LogP contribution in [0.4, 0.5) is 0 Å². The largest absolute Gasteiger partial charge is 0.396 e. The Morgan fingerprint density at radius 3 is 2.82 bits per heavy atom. The van der Waals surface area contributed by atoms with Gasteiger partial charge in [-0.3, -0.25) is 4.79 Å². The molecule has 1 aliphatic rings. The second-order valence-electron chi connectivity index (χ2n) is 6.07. The quantitative estimate of drug-likeness (QED) is 0.909. The number of aliphatic hydroxyl groups excluding tert-OH is 2. The number of carbonyl (C=O) groups excluding carboxylic acids is 1. The number of rotatable bonds is 4. The van der Waals surface area contributed by atoms with E-state index in [1.807, 2.05) is 29.3 Å². The Morgan fingerprint density at radius 2 is 2.09 bits per heavy atom. The summed E-state index contributed by atoms with van der Waals surface area (Å²) >= 11 is 1.60. The summed E-state index contributed by atoms with van der Waals surface area (Å²) in [7, 11) is 0. The molecule has 2 N–H and O–H groups in total. The SMILES string of the molecule is Cc1ccc2c(C(=O)N3CC(CO)C(CCO)C3)csc2c1. The van der Waals surface area contributed by atoms with Crippen molar-refractivity contribution in [3.8, 4) is 0 Å². The fourth-order valence-corrected chi connectivity index (χ4v) is 4.31. The van der Waals surface area contributed by atoms with Gasteiger partial charge in [0.1, 0.15) is 0 Å². The number of aryl methyl sites for hydroxylation is 1. The first-order chi connectivity index (χ1) is 10.6. The monoisotopic (exact) mass is 319 g/mol. The summed E-state index contributed by atoms with van der Waals surface area (Å²) < 4.78 is 1.13. The standard InChI is InChI=1S/C17H21NO3S/c1-11-2-3-14-15(10-22-16(14)6-11)17(21)18-7-12(4-5-19)13(8-18)9-20/h2-3,6,10,12-13,19-20H,4-5,7-9H2,1H3. The van der Waals surface area contributed by atoms with Crippen molar-refractivity contribution in [2.24, 2.45) is 11.8 Å². The van der Waals surface area contributed by atoms with Crippen LogP contribution >= 0.6 is 11.3 Å². The molecule has 1 aromatic heterocycles. The average molecular weight is 319 g/mol. The normalized spacial score (nSPS) is 21.7. The number of carbonyl (C=O) groups is 1. The Balaban J connectivity index is 1.84. The Labute approximate surface area is 134 Å². The molecule has 1 fully saturated rings. The van der Waals surface area contributed by atoms with Crippen LogP contribution in [0, 0.1) is 18.8 Å². The Hall–Kier alpha value is -1.43. The third kappa shape index (κ3) is 2.76. The van der Waals surface area contributed by atoms with E-state index in [4.69, 9.17) is 5.11 Å². The molecule has 2 heterocycles. The lowest BCUT2D eigenvalue weighted by Crippen LogP contribution is -2.29. The van der Waals surface area contributed by atoms with Crippen LogP contribution in [0.25, 0.3) is 10.1 Å². The predicted octanol–water partition coefficient (Wildman–Crippen LogP) is 2.27. The number of hydrogen-bond donors (Lipinski definition) is 2. The van der Waals surface area contributed by atoms with E-state index in [0.717, 1.165) is 15.6 Å². The Bertz CT molecular complexity index is 682. The van der Waals surface area contributed by atoms with E-state index in [0.29, 0.717) is 19.5 Å². The van der Waals surface area contributed by atoms with Crippen LogP contribution < -0.4 is 0 Å². The topological polar surface area (TPSA) is 60.8 Å². The zero-order valence-electron chi connectivity index (χ0n) is 12.7. The number of thiophene rings is 1. The van der Waals surface area contributed by atoms with Crippen molar-refractivity contribution < 1.29 is 15.0 Å². The van der Waals surface area contributed by atoms with Gasteiger partial charge in [-0.25, -0.2) is 0 Å². The van der Waals surface area contributed by atoms with Crippen molar-refractivity contribution in [1.29, 1.82) is 0 Å². The van der Waals surface area contributed by atoms with E-state index >= 15 is 0 Å². The molecule has 2 aromatic rings. The van der Waals surface area contributed by atoms with Gasteiger partial charge in [-0.15, -0.1) is 11.3 Å². The molecule has 1 amide bonds. The van der Waals surface area contributed by atoms with E-state index in [1.165, 1.54) is 5.56 Å². The minimum atomic E-state index is 0.0361. The van der Waals surface area contributed by atoms with Gasteiger partial charge in [-0.2, -0.15) is 0 Å². The third-order valence-electron chi connectivity index (χ3n) is 4.56. The summed E-state index contributed by atoms with van der Waals surface area (Å²) in [5.41, 5.74) is 1.94. The van der Waals surface area contributed by atoms with E-state index < -0.39 is 0 Å². The predicted molar refractivity (Wildman–Crippen MR) is 88.2 cm³/mol. The summed E-state index contributed by atoms with van der Waals surface area (Å²) in [6.07, 6.45) is 0.637. The van der Waals surface area contributed by atoms with Crippen LogP contribution in [0.15, 0.2) is 23.6 Å². The molecule has 2 atom stereocenters. The molecule has 1 aromatic carbocycles. The number of likely N-dealkylation sites (tertiary alicyclic amines) is 1. The first-order valence-corrected chi connectivity index (χ1v) is 8.51. The first-order valence-electron chi connectivity index (χ1n) is 7.63. The highest BCUT2D eigenvalue weighted by Crippen LogP contribution is 2.31. The Kier molecular flexibility index (Phi) is 4.47. The summed E-state index contributed by atoms with van der Waals surface area (Å²) in [6.45, 7) is 3.41. The second kappa shape index (κ2) is 6.36. The minimum Gasteiger partial charge on any atom is -0.396 e. The molecule has 0 aliphatic carbocycles. The van der Waals surface area contributed by atoms with E-state index in [2.05, 4.69) is 6.07 Å². The van der Waals surface area contributed by atoms with Gasteiger partial charge in [0.25, 0.3) is 5.91 Å². The highest BCUT2D eigenvalue weighted by molar-refractivity contribution is 7.17. The van der Waals surface area contributed by atoms with Crippen LogP contribution in [0.3, 0.4) is 0 Å². The molecule has 0 saturated carbocycles. The molecule has 1 saturated heterocycles. The van der Waals surface area contributed by atoms with Gasteiger partial charge < -0.3 is 15.1 Å². The lowest BCUT2D eigenvalue weighted by molar-refractivity contribution is 0.0782. The van der Waals surface area contributed by atoms with Crippen molar-refractivity contribution in [2.45, 2.75) is 13.3 Å². The highest BCUT2D eigenvalue weighted by Gasteiger charge is 2.35. The zero-order valence-corrected chi connectivity index (χ0v) is 13.5. The molecule has 4 nitrogen and oxygen atoms in total. The van der Waals surface area contributed by atoms with Gasteiger partial charge >= 0.3 is 0 Å². The summed E-state index contributed by atoms with van der Waals surface area (Å²) in [4.78, 5) is 14.6. The average Bonchev–Trinajstić information content (AvgIpc) is 3.10. The maximum Gasteiger partial charge on any atom is 0.255 e. The lowest BCUT2D eigenvalue weighted by Gasteiger charge is -2.16. The number of fused-ring (bicyclic) bond motifs is 1. The Morgan fingerprint density at radius 1 is 1.32 bits per heavy atom. The molecular weight excluding hydrogens is 298 g/mol. The summed E-state index contributed by atoms with van der Waals surface area (Å²) in [5.74, 6) is 0.295. The summed E-state index contributed by atoms with van der Waals surface area (Å²) in [6, 6.07) is 6.14. The molecular formula is C17H21NO3S. The number of amides is 1. The van der Waals surface area contributed by atoms with Crippen molar-refractivity contribution in [3.63, 3.8) is 0 Å². The van der Waals surface area contributed by atoms with Crippen molar-refractivity contribution >= 4 is 27.3 Å². The molecule has 22 heavy (non-hydrogen) atoms. The van der Waals surface area contributed by atoms with Crippen molar-refractivity contribution in [3.05, 3.63) is 34.7 Å². The van der Waals surface area contributed by atoms with Gasteiger partial charge in [0.15, 0.2) is 0 Å². The zero-order chi connectivity index (χ0) is 15.7. The highest BCUT2D eigenvalue weighted by atomic mass is 32.1. The number of aliphatic hydroxyl groups is 2. The molecule has 0 bridgehead atoms. The molecule has 0 radical (unpaired) electrons. The maximum atomic E-state index is 12.8.